The third kappa shape index (κ3) is 6.17. The summed E-state index contributed by atoms with van der Waals surface area (Å²) in [4.78, 5) is 32.9. The fraction of sp³-hybridized carbons (Fsp3) is 0.333. The van der Waals surface area contributed by atoms with Crippen LogP contribution in [0.3, 0.4) is 0 Å². The molecule has 4 N–H and O–H groups in total. The molecule has 2 aromatic carbocycles. The second-order valence-corrected chi connectivity index (χ2v) is 9.90. The number of carbonyl (C=O) groups excluding carboxylic acids is 1. The molecule has 0 saturated carbocycles. The maximum Gasteiger partial charge on any atom is 0.325 e. The number of aromatic hydroxyl groups is 1. The van der Waals surface area contributed by atoms with Crippen molar-refractivity contribution in [1.29, 1.82) is 0 Å². The van der Waals surface area contributed by atoms with E-state index >= 15 is 0 Å². The van der Waals surface area contributed by atoms with Crippen LogP contribution < -0.4 is 5.32 Å². The van der Waals surface area contributed by atoms with Gasteiger partial charge in [-0.1, -0.05) is 18.2 Å². The molecule has 0 aliphatic carbocycles. The third-order valence-corrected chi connectivity index (χ3v) is 5.59. The van der Waals surface area contributed by atoms with Gasteiger partial charge < -0.3 is 20.4 Å². The molecule has 7 nitrogen and oxygen atoms in total. The van der Waals surface area contributed by atoms with Crippen molar-refractivity contribution in [3.05, 3.63) is 63.7 Å². The van der Waals surface area contributed by atoms with Crippen LogP contribution in [0.4, 0.5) is 0 Å². The Balaban J connectivity index is 2.30. The van der Waals surface area contributed by atoms with Crippen molar-refractivity contribution in [3.63, 3.8) is 0 Å². The summed E-state index contributed by atoms with van der Waals surface area (Å²) in [5.74, 6) is -2.06. The number of phenols is 1. The Morgan fingerprint density at radius 2 is 1.69 bits per heavy atom. The second-order valence-electron chi connectivity index (χ2n) is 7.48. The molecular weight excluding hydrogens is 393 g/mol. The summed E-state index contributed by atoms with van der Waals surface area (Å²) >= 11 is 0. The van der Waals surface area contributed by atoms with Crippen LogP contribution in [0.15, 0.2) is 30.3 Å². The van der Waals surface area contributed by atoms with E-state index in [1.165, 1.54) is 19.7 Å². The highest BCUT2D eigenvalue weighted by Crippen LogP contribution is 2.40. The first-order valence-electron chi connectivity index (χ1n) is 9.11. The lowest BCUT2D eigenvalue weighted by Crippen LogP contribution is -2.38. The molecule has 0 bridgehead atoms. The minimum Gasteiger partial charge on any atom is -0.507 e. The van der Waals surface area contributed by atoms with Crippen molar-refractivity contribution in [3.8, 4) is 5.75 Å². The average Bonchev–Trinajstić information content (AvgIpc) is 2.57. The van der Waals surface area contributed by atoms with Crippen LogP contribution in [0.25, 0.3) is 0 Å². The first-order valence-corrected chi connectivity index (χ1v) is 11.4. The van der Waals surface area contributed by atoms with Crippen molar-refractivity contribution in [1.82, 2.24) is 5.32 Å². The molecule has 0 aliphatic heterocycles. The predicted octanol–water partition coefficient (Wildman–Crippen LogP) is 3.20. The Kier molecular flexibility index (Phi) is 6.88. The zero-order chi connectivity index (χ0) is 21.9. The van der Waals surface area contributed by atoms with Crippen LogP contribution in [-0.4, -0.2) is 39.7 Å². The van der Waals surface area contributed by atoms with Crippen LogP contribution in [-0.2, 0) is 21.9 Å². The van der Waals surface area contributed by atoms with Gasteiger partial charge in [-0.3, -0.25) is 14.2 Å². The van der Waals surface area contributed by atoms with E-state index in [1.54, 1.807) is 12.1 Å². The standard InChI is InChI=1S/C21H26NO6P/c1-12-7-16(11-29(4,27)28)8-13(2)17(12)9-15-5-6-19(23)18(10-15)20(24)22-14(3)21(25)26/h5-8,10,14,23H,9,11H2,1-4H3,(H,22,24)(H,25,26)(H,27,28)/t14-/m0/s1. The van der Waals surface area contributed by atoms with E-state index in [-0.39, 0.29) is 17.5 Å². The number of rotatable bonds is 7. The van der Waals surface area contributed by atoms with E-state index in [0.29, 0.717) is 6.42 Å². The molecule has 0 saturated heterocycles. The molecule has 0 heterocycles. The number of benzene rings is 2. The van der Waals surface area contributed by atoms with E-state index < -0.39 is 25.3 Å². The van der Waals surface area contributed by atoms with Crippen LogP contribution in [0.1, 0.15) is 45.1 Å². The van der Waals surface area contributed by atoms with Crippen LogP contribution >= 0.6 is 7.37 Å². The SMILES string of the molecule is Cc1cc(CP(C)(=O)O)cc(C)c1Cc1ccc(O)c(C(=O)N[C@@H](C)C(=O)O)c1. The number of carboxylic acid groups (broad SMARTS) is 1. The number of hydrogen-bond donors (Lipinski definition) is 4. The molecule has 0 aliphatic rings. The van der Waals surface area contributed by atoms with Gasteiger partial charge in [0, 0.05) is 12.8 Å². The van der Waals surface area contributed by atoms with Gasteiger partial charge in [-0.25, -0.2) is 0 Å². The van der Waals surface area contributed by atoms with Gasteiger partial charge in [-0.05, 0) is 67.1 Å². The lowest BCUT2D eigenvalue weighted by molar-refractivity contribution is -0.138. The highest BCUT2D eigenvalue weighted by atomic mass is 31.2. The Morgan fingerprint density at radius 3 is 2.21 bits per heavy atom. The monoisotopic (exact) mass is 419 g/mol. The smallest absolute Gasteiger partial charge is 0.325 e. The average molecular weight is 419 g/mol. The number of phenolic OH excluding ortho intramolecular Hbond substituents is 1. The molecule has 0 aromatic heterocycles. The quantitative estimate of drug-likeness (QED) is 0.511. The van der Waals surface area contributed by atoms with Gasteiger partial charge in [0.2, 0.25) is 7.37 Å². The highest BCUT2D eigenvalue weighted by Gasteiger charge is 2.19. The summed E-state index contributed by atoms with van der Waals surface area (Å²) in [5.41, 5.74) is 4.53. The summed E-state index contributed by atoms with van der Waals surface area (Å²) in [6.45, 7) is 6.52. The number of amides is 1. The molecule has 2 aromatic rings. The number of carbonyl (C=O) groups is 2. The zero-order valence-corrected chi connectivity index (χ0v) is 17.8. The predicted molar refractivity (Wildman–Crippen MR) is 111 cm³/mol. The van der Waals surface area contributed by atoms with Crippen molar-refractivity contribution in [2.45, 2.75) is 39.4 Å². The van der Waals surface area contributed by atoms with Gasteiger partial charge in [0.1, 0.15) is 11.8 Å². The fourth-order valence-electron chi connectivity index (χ4n) is 3.21. The van der Waals surface area contributed by atoms with Gasteiger partial charge in [0.25, 0.3) is 5.91 Å². The lowest BCUT2D eigenvalue weighted by atomic mass is 9.93. The molecule has 156 valence electrons. The molecular formula is C21H26NO6P. The number of aryl methyl sites for hydroxylation is 2. The molecule has 0 spiro atoms. The molecule has 1 unspecified atom stereocenters. The first-order chi connectivity index (χ1) is 13.4. The summed E-state index contributed by atoms with van der Waals surface area (Å²) in [7, 11) is -3.17. The van der Waals surface area contributed by atoms with Crippen LogP contribution in [0.5, 0.6) is 5.75 Å². The van der Waals surface area contributed by atoms with Gasteiger partial charge in [-0.2, -0.15) is 0 Å². The normalized spacial score (nSPS) is 14.1. The zero-order valence-electron chi connectivity index (χ0n) is 16.9. The van der Waals surface area contributed by atoms with Crippen molar-refractivity contribution < 1.29 is 29.3 Å². The summed E-state index contributed by atoms with van der Waals surface area (Å²) in [6, 6.07) is 7.35. The Hall–Kier alpha value is -2.63. The Labute approximate surface area is 169 Å². The van der Waals surface area contributed by atoms with E-state index in [1.807, 2.05) is 26.0 Å². The molecule has 1 amide bonds. The van der Waals surface area contributed by atoms with Gasteiger partial charge in [0.05, 0.1) is 5.56 Å². The van der Waals surface area contributed by atoms with Crippen molar-refractivity contribution in [2.24, 2.45) is 0 Å². The lowest BCUT2D eigenvalue weighted by Gasteiger charge is -2.15. The molecule has 2 atom stereocenters. The Bertz CT molecular complexity index is 972. The minimum absolute atomic E-state index is 0.00901. The molecule has 8 heteroatoms. The second kappa shape index (κ2) is 8.80. The van der Waals surface area contributed by atoms with E-state index in [9.17, 15) is 24.2 Å². The van der Waals surface area contributed by atoms with E-state index in [4.69, 9.17) is 5.11 Å². The van der Waals surface area contributed by atoms with Gasteiger partial charge in [-0.15, -0.1) is 0 Å². The number of hydrogen-bond acceptors (Lipinski definition) is 4. The maximum absolute atomic E-state index is 12.3. The van der Waals surface area contributed by atoms with Crippen molar-refractivity contribution in [2.75, 3.05) is 6.66 Å². The molecule has 0 fully saturated rings. The maximum atomic E-state index is 12.3. The summed E-state index contributed by atoms with van der Waals surface area (Å²) in [5, 5.41) is 21.3. The number of carboxylic acids is 1. The van der Waals surface area contributed by atoms with Gasteiger partial charge in [0.15, 0.2) is 0 Å². The van der Waals surface area contributed by atoms with Crippen molar-refractivity contribution >= 4 is 19.2 Å². The summed E-state index contributed by atoms with van der Waals surface area (Å²) in [6.07, 6.45) is 0.607. The summed E-state index contributed by atoms with van der Waals surface area (Å²) < 4.78 is 11.7. The topological polar surface area (TPSA) is 124 Å². The van der Waals surface area contributed by atoms with Gasteiger partial charge >= 0.3 is 5.97 Å². The van der Waals surface area contributed by atoms with Crippen LogP contribution in [0, 0.1) is 13.8 Å². The molecule has 0 radical (unpaired) electrons. The largest absolute Gasteiger partial charge is 0.507 e. The fourth-order valence-corrected chi connectivity index (χ4v) is 4.07. The minimum atomic E-state index is -3.17. The molecule has 2 rings (SSSR count). The Morgan fingerprint density at radius 1 is 1.10 bits per heavy atom. The number of nitrogens with one attached hydrogen (secondary N) is 1. The third-order valence-electron chi connectivity index (χ3n) is 4.64. The molecule has 29 heavy (non-hydrogen) atoms. The van der Waals surface area contributed by atoms with E-state index in [0.717, 1.165) is 27.8 Å². The van der Waals surface area contributed by atoms with E-state index in [2.05, 4.69) is 5.32 Å². The number of aliphatic carboxylic acids is 1. The highest BCUT2D eigenvalue weighted by molar-refractivity contribution is 7.56. The first kappa shape index (κ1) is 22.7. The van der Waals surface area contributed by atoms with Crippen LogP contribution in [0.2, 0.25) is 0 Å².